The zero-order valence-corrected chi connectivity index (χ0v) is 13.7. The molecule has 0 spiro atoms. The SMILES string of the molecule is O=C(COC(=O)c1ccc2nc[nH]c2c1)Nc1cccc(Cl)c1Cl. The number of hydrogen-bond donors (Lipinski definition) is 2. The molecule has 1 aromatic heterocycles. The first-order chi connectivity index (χ1) is 11.5. The molecule has 1 amide bonds. The van der Waals surface area contributed by atoms with Gasteiger partial charge in [0.25, 0.3) is 5.91 Å². The van der Waals surface area contributed by atoms with E-state index in [1.54, 1.807) is 36.4 Å². The van der Waals surface area contributed by atoms with E-state index in [-0.39, 0.29) is 5.02 Å². The molecule has 3 aromatic rings. The molecule has 0 saturated carbocycles. The number of hydrogen-bond acceptors (Lipinski definition) is 4. The number of H-pyrrole nitrogens is 1. The van der Waals surface area contributed by atoms with Gasteiger partial charge >= 0.3 is 5.97 Å². The third-order valence-corrected chi connectivity index (χ3v) is 4.03. The van der Waals surface area contributed by atoms with Crippen molar-refractivity contribution in [3.05, 3.63) is 58.3 Å². The quantitative estimate of drug-likeness (QED) is 0.692. The Morgan fingerprint density at radius 2 is 2.04 bits per heavy atom. The number of carbonyl (C=O) groups excluding carboxylic acids is 2. The molecule has 0 aliphatic heterocycles. The topological polar surface area (TPSA) is 84.1 Å². The number of rotatable bonds is 4. The molecule has 6 nitrogen and oxygen atoms in total. The number of amides is 1. The van der Waals surface area contributed by atoms with Crippen LogP contribution in [-0.2, 0) is 9.53 Å². The minimum absolute atomic E-state index is 0.225. The standard InChI is InChI=1S/C16H11Cl2N3O3/c17-10-2-1-3-12(15(10)18)21-14(22)7-24-16(23)9-4-5-11-13(6-9)20-8-19-11/h1-6,8H,7H2,(H,19,20)(H,21,22). The van der Waals surface area contributed by atoms with Gasteiger partial charge in [0.1, 0.15) is 0 Å². The highest BCUT2D eigenvalue weighted by Crippen LogP contribution is 2.29. The number of aromatic nitrogens is 2. The Balaban J connectivity index is 1.61. The number of nitrogens with one attached hydrogen (secondary N) is 2. The van der Waals surface area contributed by atoms with E-state index in [4.69, 9.17) is 27.9 Å². The minimum Gasteiger partial charge on any atom is -0.452 e. The Morgan fingerprint density at radius 3 is 2.88 bits per heavy atom. The number of nitrogens with zero attached hydrogens (tertiary/aromatic N) is 1. The lowest BCUT2D eigenvalue weighted by atomic mass is 10.2. The van der Waals surface area contributed by atoms with Crippen LogP contribution in [0.15, 0.2) is 42.7 Å². The van der Waals surface area contributed by atoms with Crippen molar-refractivity contribution in [2.75, 3.05) is 11.9 Å². The number of aromatic amines is 1. The van der Waals surface area contributed by atoms with Crippen molar-refractivity contribution in [2.24, 2.45) is 0 Å². The molecule has 0 aliphatic rings. The van der Waals surface area contributed by atoms with E-state index in [0.29, 0.717) is 21.8 Å². The fourth-order valence-electron chi connectivity index (χ4n) is 2.06. The molecular formula is C16H11Cl2N3O3. The summed E-state index contributed by atoms with van der Waals surface area (Å²) in [6.45, 7) is -0.442. The zero-order valence-electron chi connectivity index (χ0n) is 12.2. The van der Waals surface area contributed by atoms with Crippen LogP contribution < -0.4 is 5.32 Å². The highest BCUT2D eigenvalue weighted by atomic mass is 35.5. The molecular weight excluding hydrogens is 353 g/mol. The monoisotopic (exact) mass is 363 g/mol. The second-order valence-electron chi connectivity index (χ2n) is 4.86. The smallest absolute Gasteiger partial charge is 0.338 e. The van der Waals surface area contributed by atoms with Crippen molar-refractivity contribution in [2.45, 2.75) is 0 Å². The van der Waals surface area contributed by atoms with Crippen molar-refractivity contribution >= 4 is 51.8 Å². The summed E-state index contributed by atoms with van der Waals surface area (Å²) in [4.78, 5) is 30.8. The first-order valence-corrected chi connectivity index (χ1v) is 7.64. The molecule has 8 heteroatoms. The molecule has 0 fully saturated rings. The Bertz CT molecular complexity index is 924. The third kappa shape index (κ3) is 3.50. The molecule has 0 atom stereocenters. The molecule has 2 N–H and O–H groups in total. The van der Waals surface area contributed by atoms with Crippen molar-refractivity contribution in [1.29, 1.82) is 0 Å². The lowest BCUT2D eigenvalue weighted by molar-refractivity contribution is -0.119. The molecule has 0 bridgehead atoms. The fraction of sp³-hybridized carbons (Fsp3) is 0.0625. The van der Waals surface area contributed by atoms with Gasteiger partial charge in [0.15, 0.2) is 6.61 Å². The van der Waals surface area contributed by atoms with Crippen molar-refractivity contribution in [3.8, 4) is 0 Å². The normalized spacial score (nSPS) is 10.6. The van der Waals surface area contributed by atoms with E-state index in [1.807, 2.05) is 0 Å². The van der Waals surface area contributed by atoms with Crippen LogP contribution >= 0.6 is 23.2 Å². The number of esters is 1. The Kier molecular flexibility index (Phi) is 4.69. The van der Waals surface area contributed by atoms with Crippen LogP contribution in [0.4, 0.5) is 5.69 Å². The number of benzene rings is 2. The van der Waals surface area contributed by atoms with Crippen LogP contribution in [0.3, 0.4) is 0 Å². The van der Waals surface area contributed by atoms with Gasteiger partial charge in [-0.15, -0.1) is 0 Å². The average molecular weight is 364 g/mol. The molecule has 1 heterocycles. The number of anilines is 1. The number of ether oxygens (including phenoxy) is 1. The van der Waals surface area contributed by atoms with E-state index >= 15 is 0 Å². The average Bonchev–Trinajstić information content (AvgIpc) is 3.04. The highest BCUT2D eigenvalue weighted by Gasteiger charge is 2.13. The molecule has 2 aromatic carbocycles. The summed E-state index contributed by atoms with van der Waals surface area (Å²) in [5.74, 6) is -1.13. The predicted molar refractivity (Wildman–Crippen MR) is 91.5 cm³/mol. The van der Waals surface area contributed by atoms with Crippen LogP contribution in [-0.4, -0.2) is 28.5 Å². The summed E-state index contributed by atoms with van der Waals surface area (Å²) in [6.07, 6.45) is 1.53. The van der Waals surface area contributed by atoms with Crippen LogP contribution in [0, 0.1) is 0 Å². The van der Waals surface area contributed by atoms with Gasteiger partial charge < -0.3 is 15.0 Å². The molecule has 122 valence electrons. The maximum atomic E-state index is 12.0. The number of fused-ring (bicyclic) bond motifs is 1. The summed E-state index contributed by atoms with van der Waals surface area (Å²) in [5, 5.41) is 3.08. The largest absolute Gasteiger partial charge is 0.452 e. The van der Waals surface area contributed by atoms with Gasteiger partial charge in [-0.25, -0.2) is 9.78 Å². The Morgan fingerprint density at radius 1 is 1.21 bits per heavy atom. The second kappa shape index (κ2) is 6.90. The Hall–Kier alpha value is -2.57. The summed E-state index contributed by atoms with van der Waals surface area (Å²) >= 11 is 11.8. The van der Waals surface area contributed by atoms with Crippen molar-refractivity contribution < 1.29 is 14.3 Å². The maximum absolute atomic E-state index is 12.0. The molecule has 24 heavy (non-hydrogen) atoms. The molecule has 0 saturated heterocycles. The van der Waals surface area contributed by atoms with E-state index in [2.05, 4.69) is 15.3 Å². The van der Waals surface area contributed by atoms with Gasteiger partial charge in [-0.05, 0) is 30.3 Å². The van der Waals surface area contributed by atoms with Crippen LogP contribution in [0.25, 0.3) is 11.0 Å². The minimum atomic E-state index is -0.612. The first-order valence-electron chi connectivity index (χ1n) is 6.89. The van der Waals surface area contributed by atoms with Crippen LogP contribution in [0.1, 0.15) is 10.4 Å². The van der Waals surface area contributed by atoms with E-state index in [0.717, 1.165) is 5.52 Å². The maximum Gasteiger partial charge on any atom is 0.338 e. The van der Waals surface area contributed by atoms with Gasteiger partial charge in [0, 0.05) is 0 Å². The van der Waals surface area contributed by atoms with Gasteiger partial charge in [-0.2, -0.15) is 0 Å². The second-order valence-corrected chi connectivity index (χ2v) is 5.65. The highest BCUT2D eigenvalue weighted by molar-refractivity contribution is 6.44. The van der Waals surface area contributed by atoms with Crippen molar-refractivity contribution in [3.63, 3.8) is 0 Å². The summed E-state index contributed by atoms with van der Waals surface area (Å²) in [7, 11) is 0. The van der Waals surface area contributed by atoms with Crippen molar-refractivity contribution in [1.82, 2.24) is 9.97 Å². The van der Waals surface area contributed by atoms with Gasteiger partial charge in [-0.1, -0.05) is 29.3 Å². The van der Waals surface area contributed by atoms with E-state index in [1.165, 1.54) is 6.33 Å². The van der Waals surface area contributed by atoms with E-state index < -0.39 is 18.5 Å². The molecule has 3 rings (SSSR count). The fourth-order valence-corrected chi connectivity index (χ4v) is 2.41. The molecule has 0 aliphatic carbocycles. The van der Waals surface area contributed by atoms with Gasteiger partial charge in [0.2, 0.25) is 0 Å². The van der Waals surface area contributed by atoms with Crippen LogP contribution in [0.2, 0.25) is 10.0 Å². The number of halogens is 2. The third-order valence-electron chi connectivity index (χ3n) is 3.22. The van der Waals surface area contributed by atoms with E-state index in [9.17, 15) is 9.59 Å². The molecule has 0 unspecified atom stereocenters. The van der Waals surface area contributed by atoms with Gasteiger partial charge in [-0.3, -0.25) is 4.79 Å². The zero-order chi connectivity index (χ0) is 17.1. The molecule has 0 radical (unpaired) electrons. The van der Waals surface area contributed by atoms with Crippen LogP contribution in [0.5, 0.6) is 0 Å². The summed E-state index contributed by atoms with van der Waals surface area (Å²) in [6, 6.07) is 9.72. The van der Waals surface area contributed by atoms with Gasteiger partial charge in [0.05, 0.1) is 38.7 Å². The summed E-state index contributed by atoms with van der Waals surface area (Å²) < 4.78 is 5.00. The number of carbonyl (C=O) groups is 2. The predicted octanol–water partition coefficient (Wildman–Crippen LogP) is 3.67. The summed E-state index contributed by atoms with van der Waals surface area (Å²) in [5.41, 5.74) is 2.11. The lowest BCUT2D eigenvalue weighted by Crippen LogP contribution is -2.21. The Labute approximate surface area is 146 Å². The lowest BCUT2D eigenvalue weighted by Gasteiger charge is -2.09. The first kappa shape index (κ1) is 16.3. The number of imidazole rings is 1.